The number of hydrogen-bond donors (Lipinski definition) is 1. The standard InChI is InChI=1S/C8H12N4O3/c1-6(13)11-3-2-10-7(5-11)4-8(9)12(14)15/h4H,2-3,5,9H2,1H3/b8-4+. The summed E-state index contributed by atoms with van der Waals surface area (Å²) in [6.45, 7) is 2.73. The third-order valence-electron chi connectivity index (χ3n) is 2.01. The van der Waals surface area contributed by atoms with Crippen LogP contribution in [0.25, 0.3) is 0 Å². The van der Waals surface area contributed by atoms with Gasteiger partial charge in [-0.3, -0.25) is 15.5 Å². The molecule has 0 aromatic carbocycles. The van der Waals surface area contributed by atoms with E-state index in [1.807, 2.05) is 0 Å². The quantitative estimate of drug-likeness (QED) is 0.486. The van der Waals surface area contributed by atoms with Crippen LogP contribution in [-0.4, -0.2) is 41.1 Å². The number of amides is 1. The molecule has 2 N–H and O–H groups in total. The van der Waals surface area contributed by atoms with E-state index in [2.05, 4.69) is 4.99 Å². The Morgan fingerprint density at radius 2 is 2.40 bits per heavy atom. The summed E-state index contributed by atoms with van der Waals surface area (Å²) in [5.41, 5.74) is 5.61. The number of hydrogen-bond acceptors (Lipinski definition) is 5. The lowest BCUT2D eigenvalue weighted by Gasteiger charge is -2.23. The summed E-state index contributed by atoms with van der Waals surface area (Å²) in [5.74, 6) is -0.533. The SMILES string of the molecule is CC(=O)N1CCN=C(/C=C(\N)[N+](=O)[O-])C1. The van der Waals surface area contributed by atoms with Gasteiger partial charge in [-0.25, -0.2) is 0 Å². The summed E-state index contributed by atoms with van der Waals surface area (Å²) >= 11 is 0. The van der Waals surface area contributed by atoms with Crippen molar-refractivity contribution in [3.8, 4) is 0 Å². The maximum Gasteiger partial charge on any atom is 0.315 e. The van der Waals surface area contributed by atoms with Crippen LogP contribution in [-0.2, 0) is 4.79 Å². The molecule has 0 aromatic heterocycles. The zero-order valence-corrected chi connectivity index (χ0v) is 8.34. The van der Waals surface area contributed by atoms with Crippen molar-refractivity contribution in [2.45, 2.75) is 6.92 Å². The highest BCUT2D eigenvalue weighted by Crippen LogP contribution is 2.01. The Kier molecular flexibility index (Phi) is 3.37. The van der Waals surface area contributed by atoms with E-state index in [1.54, 1.807) is 4.90 Å². The van der Waals surface area contributed by atoms with Gasteiger partial charge in [0.2, 0.25) is 5.91 Å². The van der Waals surface area contributed by atoms with Gasteiger partial charge >= 0.3 is 5.82 Å². The lowest BCUT2D eigenvalue weighted by Crippen LogP contribution is -2.39. The van der Waals surface area contributed by atoms with Crippen molar-refractivity contribution < 1.29 is 9.72 Å². The van der Waals surface area contributed by atoms with E-state index in [9.17, 15) is 14.9 Å². The van der Waals surface area contributed by atoms with Crippen molar-refractivity contribution >= 4 is 11.6 Å². The van der Waals surface area contributed by atoms with Gasteiger partial charge in [0.1, 0.15) is 0 Å². The molecule has 0 bridgehead atoms. The molecule has 1 aliphatic heterocycles. The van der Waals surface area contributed by atoms with Crippen LogP contribution in [0.15, 0.2) is 16.9 Å². The van der Waals surface area contributed by atoms with Gasteiger partial charge in [-0.2, -0.15) is 0 Å². The number of nitrogens with two attached hydrogens (primary N) is 1. The molecule has 15 heavy (non-hydrogen) atoms. The van der Waals surface area contributed by atoms with Crippen LogP contribution in [0.3, 0.4) is 0 Å². The zero-order valence-electron chi connectivity index (χ0n) is 8.34. The summed E-state index contributed by atoms with van der Waals surface area (Å²) in [5, 5.41) is 10.3. The number of nitro groups is 1. The highest BCUT2D eigenvalue weighted by Gasteiger charge is 2.16. The molecule has 1 amide bonds. The van der Waals surface area contributed by atoms with Crippen LogP contribution in [0.4, 0.5) is 0 Å². The monoisotopic (exact) mass is 212 g/mol. The third-order valence-corrected chi connectivity index (χ3v) is 2.01. The molecule has 0 radical (unpaired) electrons. The Hall–Kier alpha value is -1.92. The lowest BCUT2D eigenvalue weighted by molar-refractivity contribution is -0.426. The van der Waals surface area contributed by atoms with E-state index in [4.69, 9.17) is 5.73 Å². The number of aliphatic imine (C=N–C) groups is 1. The molecule has 1 rings (SSSR count). The molecule has 0 spiro atoms. The highest BCUT2D eigenvalue weighted by atomic mass is 16.6. The first-order chi connectivity index (χ1) is 7.00. The maximum atomic E-state index is 11.0. The molecule has 0 saturated carbocycles. The normalized spacial score (nSPS) is 17.3. The van der Waals surface area contributed by atoms with Gasteiger partial charge in [-0.05, 0) is 4.92 Å². The molecule has 0 aliphatic carbocycles. The van der Waals surface area contributed by atoms with Crippen molar-refractivity contribution in [1.82, 2.24) is 4.90 Å². The van der Waals surface area contributed by atoms with Crippen LogP contribution in [0, 0.1) is 10.1 Å². The summed E-state index contributed by atoms with van der Waals surface area (Å²) < 4.78 is 0. The molecule has 7 heteroatoms. The average Bonchev–Trinajstić information content (AvgIpc) is 2.18. The number of rotatable bonds is 2. The Labute approximate surface area is 86.4 Å². The highest BCUT2D eigenvalue weighted by molar-refractivity contribution is 5.99. The van der Waals surface area contributed by atoms with Crippen molar-refractivity contribution in [2.24, 2.45) is 10.7 Å². The van der Waals surface area contributed by atoms with E-state index in [1.165, 1.54) is 13.0 Å². The molecule has 1 heterocycles. The fraction of sp³-hybridized carbons (Fsp3) is 0.500. The minimum absolute atomic E-state index is 0.0736. The Balaban J connectivity index is 2.72. The summed E-state index contributed by atoms with van der Waals surface area (Å²) in [6.07, 6.45) is 1.19. The lowest BCUT2D eigenvalue weighted by atomic mass is 10.2. The van der Waals surface area contributed by atoms with Gasteiger partial charge < -0.3 is 15.0 Å². The van der Waals surface area contributed by atoms with Crippen molar-refractivity contribution in [2.75, 3.05) is 19.6 Å². The first kappa shape index (κ1) is 11.2. The van der Waals surface area contributed by atoms with Gasteiger partial charge in [0.25, 0.3) is 0 Å². The van der Waals surface area contributed by atoms with Crippen LogP contribution in [0.1, 0.15) is 6.92 Å². The molecule has 0 atom stereocenters. The second kappa shape index (κ2) is 4.54. The van der Waals surface area contributed by atoms with E-state index in [0.717, 1.165) is 0 Å². The Bertz CT molecular complexity index is 348. The topological polar surface area (TPSA) is 102 Å². The van der Waals surface area contributed by atoms with Gasteiger partial charge in [0.05, 0.1) is 24.9 Å². The van der Waals surface area contributed by atoms with Crippen LogP contribution in [0.5, 0.6) is 0 Å². The Morgan fingerprint density at radius 1 is 1.73 bits per heavy atom. The third kappa shape index (κ3) is 3.04. The molecule has 0 unspecified atom stereocenters. The fourth-order valence-corrected chi connectivity index (χ4v) is 1.22. The molecule has 82 valence electrons. The van der Waals surface area contributed by atoms with E-state index < -0.39 is 10.7 Å². The maximum absolute atomic E-state index is 11.0. The predicted octanol–water partition coefficient (Wildman–Crippen LogP) is -0.634. The molecule has 7 nitrogen and oxygen atoms in total. The Morgan fingerprint density at radius 3 is 2.93 bits per heavy atom. The number of carbonyl (C=O) groups excluding carboxylic acids is 1. The van der Waals surface area contributed by atoms with Gasteiger partial charge in [0.15, 0.2) is 0 Å². The van der Waals surface area contributed by atoms with Crippen LogP contribution >= 0.6 is 0 Å². The van der Waals surface area contributed by atoms with Crippen molar-refractivity contribution in [1.29, 1.82) is 0 Å². The number of nitrogens with zero attached hydrogens (tertiary/aromatic N) is 3. The minimum Gasteiger partial charge on any atom is -0.358 e. The summed E-state index contributed by atoms with van der Waals surface area (Å²) in [4.78, 5) is 26.2. The minimum atomic E-state index is -0.685. The molecule has 0 fully saturated rings. The van der Waals surface area contributed by atoms with Gasteiger partial charge in [0, 0.05) is 13.5 Å². The zero-order chi connectivity index (χ0) is 11.4. The van der Waals surface area contributed by atoms with Crippen LogP contribution in [0.2, 0.25) is 0 Å². The van der Waals surface area contributed by atoms with Gasteiger partial charge in [-0.15, -0.1) is 0 Å². The smallest absolute Gasteiger partial charge is 0.315 e. The number of carbonyl (C=O) groups is 1. The molecular weight excluding hydrogens is 200 g/mol. The second-order valence-corrected chi connectivity index (χ2v) is 3.14. The van der Waals surface area contributed by atoms with Crippen molar-refractivity contribution in [3.05, 3.63) is 22.0 Å². The molecule has 0 aromatic rings. The summed E-state index contributed by atoms with van der Waals surface area (Å²) in [6, 6.07) is 0. The average molecular weight is 212 g/mol. The summed E-state index contributed by atoms with van der Waals surface area (Å²) in [7, 11) is 0. The first-order valence-electron chi connectivity index (χ1n) is 4.41. The van der Waals surface area contributed by atoms with Crippen LogP contribution < -0.4 is 5.73 Å². The van der Waals surface area contributed by atoms with Crippen molar-refractivity contribution in [3.63, 3.8) is 0 Å². The largest absolute Gasteiger partial charge is 0.358 e. The van der Waals surface area contributed by atoms with Gasteiger partial charge in [-0.1, -0.05) is 0 Å². The molecule has 0 saturated heterocycles. The predicted molar refractivity (Wildman–Crippen MR) is 53.8 cm³/mol. The molecule has 1 aliphatic rings. The van der Waals surface area contributed by atoms with E-state index in [-0.39, 0.29) is 12.5 Å². The molecular formula is C8H12N4O3. The first-order valence-corrected chi connectivity index (χ1v) is 4.41. The fourth-order valence-electron chi connectivity index (χ4n) is 1.22. The van der Waals surface area contributed by atoms with E-state index in [0.29, 0.717) is 18.8 Å². The second-order valence-electron chi connectivity index (χ2n) is 3.14. The van der Waals surface area contributed by atoms with E-state index >= 15 is 0 Å².